The summed E-state index contributed by atoms with van der Waals surface area (Å²) >= 11 is 0. The highest BCUT2D eigenvalue weighted by atomic mass is 19.4. The zero-order valence-corrected chi connectivity index (χ0v) is 10.5. The minimum Gasteiger partial charge on any atom is -0.497 e. The van der Waals surface area contributed by atoms with Crippen molar-refractivity contribution in [2.75, 3.05) is 38.2 Å². The van der Waals surface area contributed by atoms with Gasteiger partial charge in [-0.05, 0) is 12.1 Å². The molecule has 0 aromatic heterocycles. The number of ether oxygens (including phenoxy) is 2. The van der Waals surface area contributed by atoms with E-state index in [1.165, 1.54) is 19.2 Å². The van der Waals surface area contributed by atoms with E-state index in [2.05, 4.69) is 10.1 Å². The van der Waals surface area contributed by atoms with Gasteiger partial charge in [0.1, 0.15) is 5.75 Å². The summed E-state index contributed by atoms with van der Waals surface area (Å²) in [4.78, 5) is 1.85. The quantitative estimate of drug-likeness (QED) is 0.915. The number of halogens is 3. The minimum absolute atomic E-state index is 0.199. The van der Waals surface area contributed by atoms with Gasteiger partial charge in [0.15, 0.2) is 5.75 Å². The van der Waals surface area contributed by atoms with Crippen LogP contribution in [0.5, 0.6) is 11.5 Å². The zero-order valence-electron chi connectivity index (χ0n) is 10.5. The van der Waals surface area contributed by atoms with Gasteiger partial charge in [0, 0.05) is 32.2 Å². The molecule has 106 valence electrons. The average Bonchev–Trinajstić information content (AvgIpc) is 2.38. The largest absolute Gasteiger partial charge is 0.573 e. The predicted octanol–water partition coefficient (Wildman–Crippen LogP) is 2.00. The molecule has 1 N–H and O–H groups in total. The van der Waals surface area contributed by atoms with Gasteiger partial charge in [0.2, 0.25) is 0 Å². The molecule has 1 saturated heterocycles. The molecule has 1 aliphatic heterocycles. The van der Waals surface area contributed by atoms with E-state index in [0.717, 1.165) is 13.1 Å². The van der Waals surface area contributed by atoms with E-state index in [0.29, 0.717) is 24.5 Å². The molecular formula is C12H15F3N2O2. The maximum absolute atomic E-state index is 12.4. The smallest absolute Gasteiger partial charge is 0.497 e. The molecule has 0 unspecified atom stereocenters. The third kappa shape index (κ3) is 3.66. The summed E-state index contributed by atoms with van der Waals surface area (Å²) in [6, 6.07) is 4.29. The molecular weight excluding hydrogens is 261 g/mol. The minimum atomic E-state index is -4.70. The third-order valence-corrected chi connectivity index (χ3v) is 2.85. The number of rotatable bonds is 3. The van der Waals surface area contributed by atoms with E-state index in [4.69, 9.17) is 4.74 Å². The topological polar surface area (TPSA) is 33.7 Å². The molecule has 0 atom stereocenters. The molecule has 1 aromatic rings. The lowest BCUT2D eigenvalue weighted by molar-refractivity contribution is -0.274. The van der Waals surface area contributed by atoms with Crippen LogP contribution in [-0.2, 0) is 0 Å². The second-order valence-corrected chi connectivity index (χ2v) is 4.12. The van der Waals surface area contributed by atoms with Gasteiger partial charge in [-0.15, -0.1) is 13.2 Å². The molecule has 7 heteroatoms. The highest BCUT2D eigenvalue weighted by molar-refractivity contribution is 5.62. The Kier molecular flexibility index (Phi) is 4.04. The van der Waals surface area contributed by atoms with Crippen LogP contribution in [0, 0.1) is 0 Å². The SMILES string of the molecule is COc1ccc(OC(F)(F)F)c(N2CCNCC2)c1. The number of alkyl halides is 3. The molecule has 0 radical (unpaired) electrons. The number of benzene rings is 1. The Bertz CT molecular complexity index is 431. The lowest BCUT2D eigenvalue weighted by Gasteiger charge is -2.31. The van der Waals surface area contributed by atoms with Gasteiger partial charge in [-0.2, -0.15) is 0 Å². The molecule has 19 heavy (non-hydrogen) atoms. The van der Waals surface area contributed by atoms with E-state index in [-0.39, 0.29) is 5.75 Å². The second-order valence-electron chi connectivity index (χ2n) is 4.12. The normalized spacial score (nSPS) is 16.3. The molecule has 0 bridgehead atoms. The Morgan fingerprint density at radius 3 is 2.47 bits per heavy atom. The maximum atomic E-state index is 12.4. The van der Waals surface area contributed by atoms with Crippen molar-refractivity contribution in [3.05, 3.63) is 18.2 Å². The van der Waals surface area contributed by atoms with Crippen LogP contribution in [0.3, 0.4) is 0 Å². The Labute approximate surface area is 109 Å². The highest BCUT2D eigenvalue weighted by Crippen LogP contribution is 2.36. The van der Waals surface area contributed by atoms with Crippen LogP contribution < -0.4 is 19.7 Å². The molecule has 0 amide bonds. The molecule has 1 aliphatic rings. The molecule has 1 heterocycles. The fourth-order valence-corrected chi connectivity index (χ4v) is 1.99. The summed E-state index contributed by atoms with van der Waals surface area (Å²) in [7, 11) is 1.47. The Morgan fingerprint density at radius 2 is 1.89 bits per heavy atom. The summed E-state index contributed by atoms with van der Waals surface area (Å²) in [6.07, 6.45) is -4.70. The van der Waals surface area contributed by atoms with Crippen molar-refractivity contribution in [3.8, 4) is 11.5 Å². The number of hydrogen-bond donors (Lipinski definition) is 1. The van der Waals surface area contributed by atoms with Crippen LogP contribution in [0.1, 0.15) is 0 Å². The molecule has 1 aromatic carbocycles. The highest BCUT2D eigenvalue weighted by Gasteiger charge is 2.33. The van der Waals surface area contributed by atoms with Crippen LogP contribution in [-0.4, -0.2) is 39.7 Å². The van der Waals surface area contributed by atoms with Gasteiger partial charge in [-0.1, -0.05) is 0 Å². The number of nitrogens with one attached hydrogen (secondary N) is 1. The number of nitrogens with zero attached hydrogens (tertiary/aromatic N) is 1. The molecule has 0 saturated carbocycles. The zero-order chi connectivity index (χ0) is 13.9. The Hall–Kier alpha value is -1.63. The van der Waals surface area contributed by atoms with E-state index < -0.39 is 6.36 Å². The summed E-state index contributed by atoms with van der Waals surface area (Å²) < 4.78 is 46.3. The second kappa shape index (κ2) is 5.56. The fourth-order valence-electron chi connectivity index (χ4n) is 1.99. The summed E-state index contributed by atoms with van der Waals surface area (Å²) in [5.41, 5.74) is 0.401. The summed E-state index contributed by atoms with van der Waals surface area (Å²) in [6.45, 7) is 2.70. The van der Waals surface area contributed by atoms with Crippen LogP contribution in [0.15, 0.2) is 18.2 Å². The van der Waals surface area contributed by atoms with Crippen molar-refractivity contribution in [1.82, 2.24) is 5.32 Å². The van der Waals surface area contributed by atoms with Gasteiger partial charge < -0.3 is 19.7 Å². The Balaban J connectivity index is 2.30. The molecule has 2 rings (SSSR count). The van der Waals surface area contributed by atoms with Crippen molar-refractivity contribution in [2.45, 2.75) is 6.36 Å². The number of anilines is 1. The van der Waals surface area contributed by atoms with Gasteiger partial charge in [0.05, 0.1) is 12.8 Å². The molecule has 4 nitrogen and oxygen atoms in total. The standard InChI is InChI=1S/C12H15F3N2O2/c1-18-9-2-3-11(19-12(13,14)15)10(8-9)17-6-4-16-5-7-17/h2-3,8,16H,4-7H2,1H3. The molecule has 1 fully saturated rings. The number of piperazine rings is 1. The van der Waals surface area contributed by atoms with Crippen molar-refractivity contribution >= 4 is 5.69 Å². The van der Waals surface area contributed by atoms with Gasteiger partial charge >= 0.3 is 6.36 Å². The summed E-state index contributed by atoms with van der Waals surface area (Å²) in [5.74, 6) is 0.304. The van der Waals surface area contributed by atoms with Gasteiger partial charge in [-0.3, -0.25) is 0 Å². The van der Waals surface area contributed by atoms with Crippen molar-refractivity contribution < 1.29 is 22.6 Å². The number of methoxy groups -OCH3 is 1. The monoisotopic (exact) mass is 276 g/mol. The Morgan fingerprint density at radius 1 is 1.21 bits per heavy atom. The lowest BCUT2D eigenvalue weighted by atomic mass is 10.2. The predicted molar refractivity (Wildman–Crippen MR) is 64.8 cm³/mol. The van der Waals surface area contributed by atoms with Crippen molar-refractivity contribution in [2.24, 2.45) is 0 Å². The molecule has 0 spiro atoms. The van der Waals surface area contributed by atoms with Crippen molar-refractivity contribution in [1.29, 1.82) is 0 Å². The van der Waals surface area contributed by atoms with Crippen LogP contribution >= 0.6 is 0 Å². The van der Waals surface area contributed by atoms with Crippen molar-refractivity contribution in [3.63, 3.8) is 0 Å². The van der Waals surface area contributed by atoms with Gasteiger partial charge in [0.25, 0.3) is 0 Å². The number of hydrogen-bond acceptors (Lipinski definition) is 4. The van der Waals surface area contributed by atoms with E-state index in [9.17, 15) is 13.2 Å². The first-order valence-corrected chi connectivity index (χ1v) is 5.89. The third-order valence-electron chi connectivity index (χ3n) is 2.85. The van der Waals surface area contributed by atoms with Crippen LogP contribution in [0.25, 0.3) is 0 Å². The lowest BCUT2D eigenvalue weighted by Crippen LogP contribution is -2.43. The van der Waals surface area contributed by atoms with E-state index in [1.807, 2.05) is 4.90 Å². The maximum Gasteiger partial charge on any atom is 0.573 e. The van der Waals surface area contributed by atoms with E-state index in [1.54, 1.807) is 6.07 Å². The molecule has 0 aliphatic carbocycles. The first kappa shape index (κ1) is 13.8. The van der Waals surface area contributed by atoms with Crippen LogP contribution in [0.2, 0.25) is 0 Å². The van der Waals surface area contributed by atoms with Crippen LogP contribution in [0.4, 0.5) is 18.9 Å². The first-order valence-electron chi connectivity index (χ1n) is 5.89. The average molecular weight is 276 g/mol. The first-order chi connectivity index (χ1) is 8.99. The van der Waals surface area contributed by atoms with E-state index >= 15 is 0 Å². The summed E-state index contributed by atoms with van der Waals surface area (Å²) in [5, 5.41) is 3.14. The fraction of sp³-hybridized carbons (Fsp3) is 0.500. The van der Waals surface area contributed by atoms with Gasteiger partial charge in [-0.25, -0.2) is 0 Å².